The Balaban J connectivity index is 2.15. The normalized spacial score (nSPS) is 22.5. The first kappa shape index (κ1) is 34.7. The number of aromatic hydroxyl groups is 1. The van der Waals surface area contributed by atoms with E-state index in [1.165, 1.54) is 0 Å². The van der Waals surface area contributed by atoms with Crippen LogP contribution in [0.3, 0.4) is 0 Å². The summed E-state index contributed by atoms with van der Waals surface area (Å²) in [6.07, 6.45) is -1.80. The number of carbonyl (C=O) groups excluding carboxylic acids is 4. The van der Waals surface area contributed by atoms with Gasteiger partial charge in [0.2, 0.25) is 9.70 Å². The van der Waals surface area contributed by atoms with E-state index in [4.69, 9.17) is 45.3 Å². The summed E-state index contributed by atoms with van der Waals surface area (Å²) in [5, 5.41) is 47.1. The van der Waals surface area contributed by atoms with Crippen LogP contribution in [-0.4, -0.2) is 106 Å². The first-order valence-corrected chi connectivity index (χ1v) is 14.3. The van der Waals surface area contributed by atoms with Crippen molar-refractivity contribution >= 4 is 64.1 Å². The van der Waals surface area contributed by atoms with E-state index in [1.54, 1.807) is 44.1 Å². The van der Waals surface area contributed by atoms with Gasteiger partial charge in [-0.3, -0.25) is 14.4 Å². The fraction of sp³-hybridized carbons (Fsp3) is 0.556. The lowest BCUT2D eigenvalue weighted by Gasteiger charge is -2.47. The lowest BCUT2D eigenvalue weighted by molar-refractivity contribution is -0.151. The summed E-state index contributed by atoms with van der Waals surface area (Å²) < 4.78 is 2.99. The molecule has 2 amide bonds. The Kier molecular flexibility index (Phi) is 10.5. The number of anilines is 1. The molecular formula is C27H35Cl3N4O9. The molecule has 1 aromatic carbocycles. The number of nitrogens with zero attached hydrogens (tertiary/aromatic N) is 2. The summed E-state index contributed by atoms with van der Waals surface area (Å²) >= 11 is 16.8. The quantitative estimate of drug-likeness (QED) is 0.156. The fourth-order valence-corrected chi connectivity index (χ4v) is 6.01. The van der Waals surface area contributed by atoms with Gasteiger partial charge >= 0.3 is 6.09 Å². The number of Topliss-reactive ketones (excluding diaryl/α,β-unsaturated/α-hetero) is 2. The van der Waals surface area contributed by atoms with Crippen LogP contribution in [0.1, 0.15) is 34.3 Å². The van der Waals surface area contributed by atoms with Crippen molar-refractivity contribution in [1.82, 2.24) is 10.2 Å². The number of ketones is 2. The molecule has 0 saturated heterocycles. The van der Waals surface area contributed by atoms with E-state index in [0.29, 0.717) is 11.3 Å². The number of allylic oxidation sites excluding steroid dienone is 1. The van der Waals surface area contributed by atoms with Gasteiger partial charge in [-0.1, -0.05) is 34.8 Å². The van der Waals surface area contributed by atoms with Crippen LogP contribution in [-0.2, 0) is 27.3 Å². The molecule has 0 radical (unpaired) electrons. The molecule has 0 fully saturated rings. The molecule has 0 saturated carbocycles. The number of aliphatic hydroxyl groups excluding tert-OH is 2. The number of rotatable bonds is 10. The Hall–Kier alpha value is -2.81. The molecule has 0 bridgehead atoms. The van der Waals surface area contributed by atoms with E-state index in [1.807, 2.05) is 0 Å². The zero-order valence-electron chi connectivity index (χ0n) is 24.0. The van der Waals surface area contributed by atoms with Gasteiger partial charge in [0.15, 0.2) is 17.2 Å². The number of nitrogens with one attached hydrogen (secondary N) is 1. The van der Waals surface area contributed by atoms with Gasteiger partial charge in [-0.05, 0) is 44.5 Å². The molecule has 0 aliphatic heterocycles. The van der Waals surface area contributed by atoms with Crippen molar-refractivity contribution in [3.05, 3.63) is 34.1 Å². The van der Waals surface area contributed by atoms with Crippen molar-refractivity contribution in [2.45, 2.75) is 41.2 Å². The number of nitrogens with two attached hydrogens (primary N) is 1. The number of ether oxygens (including phenoxy) is 1. The number of phenols is 1. The van der Waals surface area contributed by atoms with Crippen LogP contribution in [0, 0.1) is 11.8 Å². The molecule has 0 unspecified atom stereocenters. The SMILES string of the molecule is CN(C)c1cc(CNC(=O)OCC(Cl)(Cl)Cl)c(O)c2c1C[C@H]1C[C@@H]([C@@H](CO)N(C)C)[C@@](O)(C(=O)CC(N)=O)C(O)=C1C2=O. The van der Waals surface area contributed by atoms with Gasteiger partial charge in [0.05, 0.1) is 18.6 Å². The number of hydrogen-bond acceptors (Lipinski definition) is 11. The highest BCUT2D eigenvalue weighted by Crippen LogP contribution is 2.51. The van der Waals surface area contributed by atoms with Crippen molar-refractivity contribution < 1.29 is 44.3 Å². The zero-order valence-corrected chi connectivity index (χ0v) is 26.3. The minimum absolute atomic E-state index is 0.0268. The van der Waals surface area contributed by atoms with Crippen molar-refractivity contribution in [2.75, 3.05) is 46.3 Å². The van der Waals surface area contributed by atoms with Crippen molar-refractivity contribution in [2.24, 2.45) is 17.6 Å². The maximum atomic E-state index is 14.0. The second-order valence-electron chi connectivity index (χ2n) is 11.1. The van der Waals surface area contributed by atoms with Crippen LogP contribution in [0.15, 0.2) is 17.4 Å². The molecule has 16 heteroatoms. The highest BCUT2D eigenvalue weighted by molar-refractivity contribution is 6.67. The standard InChI is InChI=1S/C27H35Cl3N4O9/c1-33(2)16-7-13(9-32-25(41)43-11-26(28,29)30)22(38)21-14(16)5-12-6-15(17(10-35)34(3)4)27(42,18(36)8-19(31)37)24(40)20(12)23(21)39/h7,12,15,17,35,38,40,42H,5-6,8-11H2,1-4H3,(H2,31,37)(H,32,41)/t12-,15-,17+,27+/m0/s1. The van der Waals surface area contributed by atoms with E-state index >= 15 is 0 Å². The highest BCUT2D eigenvalue weighted by Gasteiger charge is 2.58. The van der Waals surface area contributed by atoms with Gasteiger partial charge in [-0.2, -0.15) is 0 Å². The first-order valence-electron chi connectivity index (χ1n) is 13.2. The number of alkyl carbamates (subject to hydrolysis) is 1. The number of benzene rings is 1. The molecule has 2 aliphatic rings. The van der Waals surface area contributed by atoms with E-state index in [-0.39, 0.29) is 36.1 Å². The number of fused-ring (bicyclic) bond motifs is 2. The van der Waals surface area contributed by atoms with Gasteiger partial charge in [0.1, 0.15) is 18.1 Å². The number of alkyl halides is 3. The van der Waals surface area contributed by atoms with Crippen LogP contribution in [0.4, 0.5) is 10.5 Å². The maximum Gasteiger partial charge on any atom is 0.407 e. The summed E-state index contributed by atoms with van der Waals surface area (Å²) in [6.45, 7) is -1.35. The minimum Gasteiger partial charge on any atom is -0.508 e. The molecule has 4 atom stereocenters. The number of hydrogen-bond donors (Lipinski definition) is 6. The number of amides is 2. The molecule has 238 valence electrons. The number of primary amides is 1. The number of halogens is 3. The Labute approximate surface area is 263 Å². The maximum absolute atomic E-state index is 14.0. The van der Waals surface area contributed by atoms with Crippen molar-refractivity contribution in [1.29, 1.82) is 0 Å². The van der Waals surface area contributed by atoms with Crippen LogP contribution in [0.25, 0.3) is 0 Å². The van der Waals surface area contributed by atoms with Gasteiger partial charge in [0.25, 0.3) is 0 Å². The highest BCUT2D eigenvalue weighted by atomic mass is 35.6. The number of carbonyl (C=O) groups is 4. The summed E-state index contributed by atoms with van der Waals surface area (Å²) in [5.74, 6) is -6.33. The molecule has 7 N–H and O–H groups in total. The second-order valence-corrected chi connectivity index (χ2v) is 13.6. The van der Waals surface area contributed by atoms with Gasteiger partial charge in [-0.15, -0.1) is 0 Å². The van der Waals surface area contributed by atoms with E-state index in [0.717, 1.165) is 0 Å². The molecule has 0 heterocycles. The summed E-state index contributed by atoms with van der Waals surface area (Å²) in [4.78, 5) is 54.3. The molecule has 2 aliphatic carbocycles. The first-order chi connectivity index (χ1) is 19.8. The average molecular weight is 666 g/mol. The van der Waals surface area contributed by atoms with Crippen LogP contribution >= 0.6 is 34.8 Å². The predicted molar refractivity (Wildman–Crippen MR) is 159 cm³/mol. The van der Waals surface area contributed by atoms with E-state index in [2.05, 4.69) is 5.32 Å². The Bertz CT molecular complexity index is 1350. The molecule has 1 aromatic rings. The predicted octanol–water partition coefficient (Wildman–Crippen LogP) is 1.34. The third kappa shape index (κ3) is 6.97. The van der Waals surface area contributed by atoms with Gasteiger partial charge < -0.3 is 46.0 Å². The smallest absolute Gasteiger partial charge is 0.407 e. The number of aliphatic hydroxyl groups is 3. The average Bonchev–Trinajstić information content (AvgIpc) is 2.88. The number of likely N-dealkylation sites (N-methyl/N-ethyl adjacent to an activating group) is 1. The fourth-order valence-electron chi connectivity index (χ4n) is 5.85. The molecule has 13 nitrogen and oxygen atoms in total. The lowest BCUT2D eigenvalue weighted by Crippen LogP contribution is -2.60. The van der Waals surface area contributed by atoms with Crippen LogP contribution in [0.2, 0.25) is 0 Å². The second kappa shape index (κ2) is 13.0. The van der Waals surface area contributed by atoms with Gasteiger partial charge in [0, 0.05) is 49.4 Å². The van der Waals surface area contributed by atoms with Crippen LogP contribution in [0.5, 0.6) is 5.75 Å². The summed E-state index contributed by atoms with van der Waals surface area (Å²) in [6, 6.07) is 0.729. The van der Waals surface area contributed by atoms with Crippen molar-refractivity contribution in [3.8, 4) is 5.75 Å². The third-order valence-electron chi connectivity index (χ3n) is 7.83. The Morgan fingerprint density at radius 2 is 1.84 bits per heavy atom. The molecule has 0 spiro atoms. The zero-order chi connectivity index (χ0) is 32.6. The molecule has 0 aromatic heterocycles. The van der Waals surface area contributed by atoms with Crippen LogP contribution < -0.4 is 16.0 Å². The summed E-state index contributed by atoms with van der Waals surface area (Å²) in [7, 11) is 6.65. The molecular weight excluding hydrogens is 631 g/mol. The Morgan fingerprint density at radius 1 is 1.21 bits per heavy atom. The lowest BCUT2D eigenvalue weighted by atomic mass is 9.61. The number of phenolic OH excluding ortho intramolecular Hbond substituents is 1. The molecule has 3 rings (SSSR count). The minimum atomic E-state index is -2.73. The summed E-state index contributed by atoms with van der Waals surface area (Å²) in [5.41, 5.74) is 3.09. The van der Waals surface area contributed by atoms with E-state index in [9.17, 15) is 39.6 Å². The molecule has 43 heavy (non-hydrogen) atoms. The largest absolute Gasteiger partial charge is 0.508 e. The van der Waals surface area contributed by atoms with Gasteiger partial charge in [-0.25, -0.2) is 4.79 Å². The monoisotopic (exact) mass is 664 g/mol. The van der Waals surface area contributed by atoms with E-state index < -0.39 is 82.0 Å². The topological polar surface area (TPSA) is 203 Å². The third-order valence-corrected chi connectivity index (χ3v) is 8.16. The van der Waals surface area contributed by atoms with Crippen molar-refractivity contribution in [3.63, 3.8) is 0 Å². The Morgan fingerprint density at radius 3 is 2.35 bits per heavy atom.